The maximum absolute atomic E-state index is 12.2. The number of hydrogen-bond acceptors (Lipinski definition) is 2. The van der Waals surface area contributed by atoms with Gasteiger partial charge in [-0.15, -0.1) is 0 Å². The van der Waals surface area contributed by atoms with E-state index in [1.165, 1.54) is 0 Å². The molecule has 1 aromatic carbocycles. The lowest BCUT2D eigenvalue weighted by Gasteiger charge is -2.26. The number of carbonyl (C=O) groups excluding carboxylic acids is 1. The number of rotatable bonds is 4. The maximum Gasteiger partial charge on any atom is 0.237 e. The van der Waals surface area contributed by atoms with Crippen LogP contribution in [0, 0.1) is 5.41 Å². The van der Waals surface area contributed by atoms with E-state index < -0.39 is 5.41 Å². The summed E-state index contributed by atoms with van der Waals surface area (Å²) >= 11 is 16.9. The number of nitrogens with one attached hydrogen (secondary N) is 1. The molecule has 3 nitrogen and oxygen atoms in total. The molecule has 0 fully saturated rings. The van der Waals surface area contributed by atoms with Crippen molar-refractivity contribution in [3.05, 3.63) is 28.2 Å². The summed E-state index contributed by atoms with van der Waals surface area (Å²) < 4.78 is 0. The van der Waals surface area contributed by atoms with E-state index >= 15 is 0 Å². The molecule has 3 N–H and O–H groups in total. The SMILES string of the molecule is CCC(C)(C(=O)Nc1c(Cl)cccc1Cl)C(N)=S. The Labute approximate surface area is 122 Å². The minimum atomic E-state index is -0.919. The highest BCUT2D eigenvalue weighted by atomic mass is 35.5. The van der Waals surface area contributed by atoms with Gasteiger partial charge in [-0.2, -0.15) is 0 Å². The summed E-state index contributed by atoms with van der Waals surface area (Å²) in [7, 11) is 0. The third kappa shape index (κ3) is 2.94. The molecular weight excluding hydrogens is 291 g/mol. The predicted molar refractivity (Wildman–Crippen MR) is 80.3 cm³/mol. The molecular formula is C12H14Cl2N2OS. The molecule has 1 atom stereocenters. The first-order valence-electron chi connectivity index (χ1n) is 5.38. The molecule has 1 rings (SSSR count). The molecule has 0 heterocycles. The Balaban J connectivity index is 3.05. The monoisotopic (exact) mass is 304 g/mol. The highest BCUT2D eigenvalue weighted by molar-refractivity contribution is 7.80. The van der Waals surface area contributed by atoms with Crippen LogP contribution in [0.25, 0.3) is 0 Å². The first kappa shape index (κ1) is 15.2. The fraction of sp³-hybridized carbons (Fsp3) is 0.333. The molecule has 0 aliphatic carbocycles. The standard InChI is InChI=1S/C12H14Cl2N2OS/c1-3-12(2,10(15)18)11(17)16-9-7(13)5-4-6-8(9)14/h4-6H,3H2,1-2H3,(H2,15,18)(H,16,17). The van der Waals surface area contributed by atoms with Gasteiger partial charge < -0.3 is 11.1 Å². The van der Waals surface area contributed by atoms with Crippen molar-refractivity contribution in [2.45, 2.75) is 20.3 Å². The van der Waals surface area contributed by atoms with Crippen LogP contribution in [0.2, 0.25) is 10.0 Å². The fourth-order valence-electron chi connectivity index (χ4n) is 1.32. The van der Waals surface area contributed by atoms with Crippen LogP contribution in [0.1, 0.15) is 20.3 Å². The van der Waals surface area contributed by atoms with Gasteiger partial charge in [0.2, 0.25) is 5.91 Å². The Bertz CT molecular complexity index is 473. The van der Waals surface area contributed by atoms with E-state index in [1.54, 1.807) is 25.1 Å². The van der Waals surface area contributed by atoms with Crippen molar-refractivity contribution in [1.29, 1.82) is 0 Å². The van der Waals surface area contributed by atoms with Crippen molar-refractivity contribution in [2.75, 3.05) is 5.32 Å². The average molecular weight is 305 g/mol. The normalized spacial score (nSPS) is 13.8. The lowest BCUT2D eigenvalue weighted by atomic mass is 9.86. The van der Waals surface area contributed by atoms with Crippen molar-refractivity contribution in [1.82, 2.24) is 0 Å². The molecule has 0 bridgehead atoms. The van der Waals surface area contributed by atoms with Crippen LogP contribution in [0.3, 0.4) is 0 Å². The molecule has 0 saturated carbocycles. The molecule has 0 aliphatic heterocycles. The molecule has 0 aromatic heterocycles. The van der Waals surface area contributed by atoms with Crippen LogP contribution >= 0.6 is 35.4 Å². The van der Waals surface area contributed by atoms with Crippen LogP contribution in [0.15, 0.2) is 18.2 Å². The number of carbonyl (C=O) groups is 1. The molecule has 0 radical (unpaired) electrons. The minimum absolute atomic E-state index is 0.144. The fourth-order valence-corrected chi connectivity index (χ4v) is 2.04. The van der Waals surface area contributed by atoms with E-state index in [0.717, 1.165) is 0 Å². The second-order valence-corrected chi connectivity index (χ2v) is 5.35. The first-order valence-corrected chi connectivity index (χ1v) is 6.54. The van der Waals surface area contributed by atoms with Gasteiger partial charge >= 0.3 is 0 Å². The van der Waals surface area contributed by atoms with Crippen LogP contribution in [0.4, 0.5) is 5.69 Å². The summed E-state index contributed by atoms with van der Waals surface area (Å²) in [5.41, 5.74) is 5.07. The Kier molecular flexibility index (Phi) is 4.96. The third-order valence-corrected chi connectivity index (χ3v) is 4.03. The van der Waals surface area contributed by atoms with E-state index in [9.17, 15) is 4.79 Å². The van der Waals surface area contributed by atoms with E-state index in [-0.39, 0.29) is 10.9 Å². The zero-order valence-corrected chi connectivity index (χ0v) is 12.4. The number of anilines is 1. The van der Waals surface area contributed by atoms with Crippen molar-refractivity contribution in [3.63, 3.8) is 0 Å². The molecule has 1 aromatic rings. The summed E-state index contributed by atoms with van der Waals surface area (Å²) in [6.45, 7) is 3.53. The molecule has 0 aliphatic rings. The molecule has 1 unspecified atom stereocenters. The van der Waals surface area contributed by atoms with E-state index in [0.29, 0.717) is 22.2 Å². The zero-order valence-electron chi connectivity index (χ0n) is 10.1. The topological polar surface area (TPSA) is 55.1 Å². The van der Waals surface area contributed by atoms with Gasteiger partial charge in [0.15, 0.2) is 0 Å². The van der Waals surface area contributed by atoms with E-state index in [4.69, 9.17) is 41.2 Å². The largest absolute Gasteiger partial charge is 0.392 e. The molecule has 0 spiro atoms. The zero-order chi connectivity index (χ0) is 13.9. The second kappa shape index (κ2) is 5.87. The van der Waals surface area contributed by atoms with E-state index in [2.05, 4.69) is 5.32 Å². The van der Waals surface area contributed by atoms with Crippen LogP contribution in [0.5, 0.6) is 0 Å². The molecule has 18 heavy (non-hydrogen) atoms. The van der Waals surface area contributed by atoms with Gasteiger partial charge in [-0.25, -0.2) is 0 Å². The Morgan fingerprint density at radius 3 is 2.33 bits per heavy atom. The van der Waals surface area contributed by atoms with E-state index in [1.807, 2.05) is 6.92 Å². The Morgan fingerprint density at radius 2 is 1.94 bits per heavy atom. The number of amides is 1. The minimum Gasteiger partial charge on any atom is -0.392 e. The van der Waals surface area contributed by atoms with Crippen molar-refractivity contribution >= 4 is 52.0 Å². The summed E-state index contributed by atoms with van der Waals surface area (Å²) in [5, 5.41) is 3.43. The molecule has 1 amide bonds. The van der Waals surface area contributed by atoms with Crippen LogP contribution in [-0.2, 0) is 4.79 Å². The summed E-state index contributed by atoms with van der Waals surface area (Å²) in [6, 6.07) is 4.99. The molecule has 98 valence electrons. The second-order valence-electron chi connectivity index (χ2n) is 4.10. The third-order valence-electron chi connectivity index (χ3n) is 2.95. The van der Waals surface area contributed by atoms with Crippen molar-refractivity contribution < 1.29 is 4.79 Å². The highest BCUT2D eigenvalue weighted by Gasteiger charge is 2.35. The molecule has 0 saturated heterocycles. The van der Waals surface area contributed by atoms with Gasteiger partial charge in [0, 0.05) is 0 Å². The van der Waals surface area contributed by atoms with Crippen molar-refractivity contribution in [2.24, 2.45) is 11.1 Å². The first-order chi connectivity index (χ1) is 8.32. The number of para-hydroxylation sites is 1. The van der Waals surface area contributed by atoms with Gasteiger partial charge in [0.25, 0.3) is 0 Å². The quantitative estimate of drug-likeness (QED) is 0.835. The van der Waals surface area contributed by atoms with Gasteiger partial charge in [-0.1, -0.05) is 48.4 Å². The lowest BCUT2D eigenvalue weighted by molar-refractivity contribution is -0.121. The number of nitrogens with two attached hydrogens (primary N) is 1. The van der Waals surface area contributed by atoms with Crippen LogP contribution < -0.4 is 11.1 Å². The van der Waals surface area contributed by atoms with Gasteiger partial charge in [-0.05, 0) is 25.5 Å². The number of halogens is 2. The van der Waals surface area contributed by atoms with Gasteiger partial charge in [-0.3, -0.25) is 4.79 Å². The van der Waals surface area contributed by atoms with Gasteiger partial charge in [0.1, 0.15) is 0 Å². The van der Waals surface area contributed by atoms with Crippen LogP contribution in [-0.4, -0.2) is 10.9 Å². The smallest absolute Gasteiger partial charge is 0.237 e. The summed E-state index contributed by atoms with van der Waals surface area (Å²) in [6.07, 6.45) is 0.496. The van der Waals surface area contributed by atoms with Crippen molar-refractivity contribution in [3.8, 4) is 0 Å². The predicted octanol–water partition coefficient (Wildman–Crippen LogP) is 3.63. The lowest BCUT2D eigenvalue weighted by Crippen LogP contribution is -2.43. The summed E-state index contributed by atoms with van der Waals surface area (Å²) in [4.78, 5) is 12.4. The number of benzene rings is 1. The Hall–Kier alpha value is -0.840. The number of thiocarbonyl (C=S) groups is 1. The summed E-state index contributed by atoms with van der Waals surface area (Å²) in [5.74, 6) is -0.312. The maximum atomic E-state index is 12.2. The highest BCUT2D eigenvalue weighted by Crippen LogP contribution is 2.32. The molecule has 6 heteroatoms. The van der Waals surface area contributed by atoms with Gasteiger partial charge in [0.05, 0.1) is 26.1 Å². The Morgan fingerprint density at radius 1 is 1.44 bits per heavy atom. The average Bonchev–Trinajstić information content (AvgIpc) is 2.32. The number of hydrogen-bond donors (Lipinski definition) is 2.